The highest BCUT2D eigenvalue weighted by Crippen LogP contribution is 2.27. The average Bonchev–Trinajstić information content (AvgIpc) is 2.95. The fraction of sp³-hybridized carbons (Fsp3) is 0.333. The van der Waals surface area contributed by atoms with Crippen molar-refractivity contribution in [2.75, 3.05) is 40.6 Å². The Bertz CT molecular complexity index is 1370. The number of amides is 2. The second kappa shape index (κ2) is 14.5. The third kappa shape index (κ3) is 8.82. The molecule has 0 aliphatic heterocycles. The van der Waals surface area contributed by atoms with Crippen molar-refractivity contribution in [1.29, 1.82) is 0 Å². The van der Waals surface area contributed by atoms with Crippen molar-refractivity contribution >= 4 is 21.8 Å². The van der Waals surface area contributed by atoms with Crippen molar-refractivity contribution in [2.24, 2.45) is 0 Å². The van der Waals surface area contributed by atoms with Crippen LogP contribution in [0.2, 0.25) is 0 Å². The second-order valence-corrected chi connectivity index (χ2v) is 11.6. The molecule has 3 aromatic rings. The molecule has 9 nitrogen and oxygen atoms in total. The third-order valence-electron chi connectivity index (χ3n) is 6.55. The number of nitrogens with zero attached hydrogens (tertiary/aromatic N) is 2. The van der Waals surface area contributed by atoms with Gasteiger partial charge in [-0.3, -0.25) is 9.59 Å². The molecular formula is C30H37N3O6S. The van der Waals surface area contributed by atoms with Crippen LogP contribution in [0.3, 0.4) is 0 Å². The maximum Gasteiger partial charge on any atom is 0.243 e. The highest BCUT2D eigenvalue weighted by molar-refractivity contribution is 7.88. The molecule has 0 heterocycles. The summed E-state index contributed by atoms with van der Waals surface area (Å²) in [6, 6.07) is 23.5. The number of methoxy groups -OCH3 is 2. The van der Waals surface area contributed by atoms with Gasteiger partial charge in [-0.05, 0) is 35.2 Å². The maximum absolute atomic E-state index is 13.7. The van der Waals surface area contributed by atoms with Gasteiger partial charge in [-0.1, -0.05) is 66.7 Å². The van der Waals surface area contributed by atoms with E-state index < -0.39 is 22.0 Å². The van der Waals surface area contributed by atoms with Crippen LogP contribution in [0.15, 0.2) is 78.9 Å². The van der Waals surface area contributed by atoms with Gasteiger partial charge >= 0.3 is 0 Å². The monoisotopic (exact) mass is 567 g/mol. The molecule has 0 aromatic heterocycles. The summed E-state index contributed by atoms with van der Waals surface area (Å²) in [4.78, 5) is 28.7. The van der Waals surface area contributed by atoms with E-state index in [4.69, 9.17) is 9.47 Å². The van der Waals surface area contributed by atoms with Gasteiger partial charge in [0.2, 0.25) is 21.8 Å². The normalized spacial score (nSPS) is 12.0. The quantitative estimate of drug-likeness (QED) is 0.321. The maximum atomic E-state index is 13.7. The largest absolute Gasteiger partial charge is 0.493 e. The molecule has 214 valence electrons. The van der Waals surface area contributed by atoms with E-state index >= 15 is 0 Å². The van der Waals surface area contributed by atoms with Crippen LogP contribution in [0.25, 0.3) is 0 Å². The number of hydrogen-bond donors (Lipinski definition) is 1. The summed E-state index contributed by atoms with van der Waals surface area (Å²) in [7, 11) is 0.889. The Balaban J connectivity index is 1.86. The van der Waals surface area contributed by atoms with E-state index in [-0.39, 0.29) is 25.4 Å². The van der Waals surface area contributed by atoms with Crippen LogP contribution < -0.4 is 14.8 Å². The zero-order valence-corrected chi connectivity index (χ0v) is 24.2. The Kier molecular flexibility index (Phi) is 11.1. The van der Waals surface area contributed by atoms with Gasteiger partial charge in [-0.2, -0.15) is 4.31 Å². The molecule has 1 atom stereocenters. The fourth-order valence-corrected chi connectivity index (χ4v) is 4.56. The van der Waals surface area contributed by atoms with Crippen molar-refractivity contribution in [3.05, 3.63) is 95.6 Å². The fourth-order valence-electron chi connectivity index (χ4n) is 4.22. The number of sulfonamides is 1. The summed E-state index contributed by atoms with van der Waals surface area (Å²) in [6.45, 7) is 0.101. The summed E-state index contributed by atoms with van der Waals surface area (Å²) in [5.41, 5.74) is 2.66. The summed E-state index contributed by atoms with van der Waals surface area (Å²) in [5, 5.41) is 2.99. The Morgan fingerprint density at radius 1 is 0.850 bits per heavy atom. The first-order valence-corrected chi connectivity index (χ1v) is 14.7. The van der Waals surface area contributed by atoms with Crippen LogP contribution in [0.4, 0.5) is 0 Å². The van der Waals surface area contributed by atoms with Gasteiger partial charge in [-0.15, -0.1) is 0 Å². The number of benzene rings is 3. The molecule has 0 spiro atoms. The van der Waals surface area contributed by atoms with E-state index in [1.807, 2.05) is 78.9 Å². The number of likely N-dealkylation sites (N-methyl/N-ethyl adjacent to an activating group) is 1. The van der Waals surface area contributed by atoms with Crippen molar-refractivity contribution in [3.63, 3.8) is 0 Å². The Labute approximate surface area is 236 Å². The molecule has 1 N–H and O–H groups in total. The Morgan fingerprint density at radius 2 is 1.45 bits per heavy atom. The van der Waals surface area contributed by atoms with Crippen LogP contribution >= 0.6 is 0 Å². The summed E-state index contributed by atoms with van der Waals surface area (Å²) >= 11 is 0. The van der Waals surface area contributed by atoms with Crippen molar-refractivity contribution < 1.29 is 27.5 Å². The van der Waals surface area contributed by atoms with Crippen LogP contribution in [0, 0.1) is 0 Å². The van der Waals surface area contributed by atoms with E-state index in [0.717, 1.165) is 27.3 Å². The Hall–Kier alpha value is -3.89. The summed E-state index contributed by atoms with van der Waals surface area (Å²) < 4.78 is 35.8. The zero-order chi connectivity index (χ0) is 29.1. The van der Waals surface area contributed by atoms with E-state index in [1.165, 1.54) is 11.9 Å². The predicted molar refractivity (Wildman–Crippen MR) is 155 cm³/mol. The van der Waals surface area contributed by atoms with Gasteiger partial charge in [-0.25, -0.2) is 8.42 Å². The molecule has 0 radical (unpaired) electrons. The topological polar surface area (TPSA) is 105 Å². The number of rotatable bonds is 14. The number of nitrogens with one attached hydrogen (secondary N) is 1. The highest BCUT2D eigenvalue weighted by Gasteiger charge is 2.31. The first-order valence-electron chi connectivity index (χ1n) is 12.9. The number of carbonyl (C=O) groups excluding carboxylic acids is 2. The molecule has 0 aliphatic rings. The average molecular weight is 568 g/mol. The van der Waals surface area contributed by atoms with E-state index in [2.05, 4.69) is 5.32 Å². The zero-order valence-electron chi connectivity index (χ0n) is 23.4. The Morgan fingerprint density at radius 3 is 2.02 bits per heavy atom. The van der Waals surface area contributed by atoms with Gasteiger partial charge in [0.1, 0.15) is 6.04 Å². The van der Waals surface area contributed by atoms with Gasteiger partial charge in [0.25, 0.3) is 0 Å². The van der Waals surface area contributed by atoms with Gasteiger partial charge < -0.3 is 19.7 Å². The van der Waals surface area contributed by atoms with Crippen LogP contribution in [-0.2, 0) is 39.0 Å². The number of ether oxygens (including phenoxy) is 2. The molecule has 2 amide bonds. The van der Waals surface area contributed by atoms with Crippen molar-refractivity contribution in [3.8, 4) is 11.5 Å². The van der Waals surface area contributed by atoms with Gasteiger partial charge in [0, 0.05) is 26.6 Å². The van der Waals surface area contributed by atoms with Gasteiger partial charge in [0.05, 0.1) is 27.0 Å². The molecule has 10 heteroatoms. The predicted octanol–water partition coefficient (Wildman–Crippen LogP) is 2.89. The lowest BCUT2D eigenvalue weighted by molar-refractivity contribution is -0.141. The molecule has 3 rings (SSSR count). The molecular weight excluding hydrogens is 530 g/mol. The molecule has 0 saturated heterocycles. The van der Waals surface area contributed by atoms with Crippen LogP contribution in [0.5, 0.6) is 11.5 Å². The lowest BCUT2D eigenvalue weighted by atomic mass is 10.0. The lowest BCUT2D eigenvalue weighted by Gasteiger charge is -2.32. The van der Waals surface area contributed by atoms with Crippen molar-refractivity contribution in [1.82, 2.24) is 14.5 Å². The minimum atomic E-state index is -3.60. The number of carbonyl (C=O) groups is 2. The molecule has 0 bridgehead atoms. The summed E-state index contributed by atoms with van der Waals surface area (Å²) in [5.74, 6) is 0.429. The highest BCUT2D eigenvalue weighted by atomic mass is 32.2. The molecule has 40 heavy (non-hydrogen) atoms. The molecule has 0 aliphatic carbocycles. The molecule has 0 saturated carbocycles. The smallest absolute Gasteiger partial charge is 0.243 e. The van der Waals surface area contributed by atoms with Crippen LogP contribution in [0.1, 0.15) is 16.7 Å². The molecule has 0 fully saturated rings. The van der Waals surface area contributed by atoms with E-state index in [1.54, 1.807) is 14.2 Å². The SMILES string of the molecule is COc1ccc(CCNC(=O)C(Cc2ccccc2)N(Cc2ccccc2)C(=O)CN(C)S(C)(=O)=O)cc1OC. The lowest BCUT2D eigenvalue weighted by Crippen LogP contribution is -2.53. The van der Waals surface area contributed by atoms with E-state index in [9.17, 15) is 18.0 Å². The molecule has 1 unspecified atom stereocenters. The molecule has 3 aromatic carbocycles. The van der Waals surface area contributed by atoms with Crippen LogP contribution in [-0.4, -0.2) is 76.1 Å². The first-order chi connectivity index (χ1) is 19.1. The third-order valence-corrected chi connectivity index (χ3v) is 7.81. The standard InChI is InChI=1S/C30H37N3O6S/c1-32(40(4,36)37)22-29(34)33(21-25-13-9-6-10-14-25)26(19-23-11-7-5-8-12-23)30(35)31-18-17-24-15-16-27(38-2)28(20-24)39-3/h5-16,20,26H,17-19,21-22H2,1-4H3,(H,31,35). The summed E-state index contributed by atoms with van der Waals surface area (Å²) in [6.07, 6.45) is 1.85. The van der Waals surface area contributed by atoms with Gasteiger partial charge in [0.15, 0.2) is 11.5 Å². The van der Waals surface area contributed by atoms with E-state index in [0.29, 0.717) is 24.5 Å². The second-order valence-electron chi connectivity index (χ2n) is 9.46. The van der Waals surface area contributed by atoms with Crippen molar-refractivity contribution in [2.45, 2.75) is 25.4 Å². The minimum Gasteiger partial charge on any atom is -0.493 e. The number of hydrogen-bond acceptors (Lipinski definition) is 6. The first kappa shape index (κ1) is 30.6. The minimum absolute atomic E-state index is 0.151.